The zero-order valence-corrected chi connectivity index (χ0v) is 10.5. The van der Waals surface area contributed by atoms with Crippen molar-refractivity contribution in [1.82, 2.24) is 4.90 Å². The second-order valence-corrected chi connectivity index (χ2v) is 4.87. The maximum absolute atomic E-state index is 12.4. The zero-order chi connectivity index (χ0) is 12.4. The predicted octanol–water partition coefficient (Wildman–Crippen LogP) is 1.52. The second-order valence-electron chi connectivity index (χ2n) is 4.87. The highest BCUT2D eigenvalue weighted by Gasteiger charge is 2.35. The highest BCUT2D eigenvalue weighted by Crippen LogP contribution is 2.36. The Hall–Kier alpha value is -1.35. The largest absolute Gasteiger partial charge is 0.338 e. The number of hydrogen-bond acceptors (Lipinski definition) is 2. The normalized spacial score (nSPS) is 17.5. The summed E-state index contributed by atoms with van der Waals surface area (Å²) < 4.78 is 0. The summed E-state index contributed by atoms with van der Waals surface area (Å²) in [4.78, 5) is 14.3. The monoisotopic (exact) mass is 232 g/mol. The smallest absolute Gasteiger partial charge is 0.230 e. The molecular weight excluding hydrogens is 212 g/mol. The summed E-state index contributed by atoms with van der Waals surface area (Å²) in [7, 11) is 0. The Kier molecular flexibility index (Phi) is 3.48. The summed E-state index contributed by atoms with van der Waals surface area (Å²) in [6.45, 7) is 5.25. The molecule has 0 spiro atoms. The van der Waals surface area contributed by atoms with E-state index in [4.69, 9.17) is 5.73 Å². The van der Waals surface area contributed by atoms with E-state index in [9.17, 15) is 4.79 Å². The number of hydrogen-bond donors (Lipinski definition) is 1. The fraction of sp³-hybridized carbons (Fsp3) is 0.500. The maximum atomic E-state index is 12.4. The number of carbonyl (C=O) groups excluding carboxylic acids is 1. The Bertz CT molecular complexity index is 414. The second kappa shape index (κ2) is 4.88. The molecular formula is C14H20N2O. The van der Waals surface area contributed by atoms with E-state index in [-0.39, 0.29) is 17.9 Å². The fourth-order valence-electron chi connectivity index (χ4n) is 2.44. The van der Waals surface area contributed by atoms with Gasteiger partial charge in [0.25, 0.3) is 0 Å². The number of benzene rings is 1. The van der Waals surface area contributed by atoms with Gasteiger partial charge in [-0.05, 0) is 31.4 Å². The van der Waals surface area contributed by atoms with Gasteiger partial charge >= 0.3 is 0 Å². The van der Waals surface area contributed by atoms with Crippen molar-refractivity contribution in [3.63, 3.8) is 0 Å². The van der Waals surface area contributed by atoms with Crippen LogP contribution in [0.1, 0.15) is 30.9 Å². The molecule has 1 aliphatic carbocycles. The molecule has 1 aromatic rings. The molecule has 0 saturated carbocycles. The van der Waals surface area contributed by atoms with E-state index in [2.05, 4.69) is 12.1 Å². The van der Waals surface area contributed by atoms with Crippen LogP contribution in [-0.4, -0.2) is 29.9 Å². The molecule has 0 radical (unpaired) electrons. The lowest BCUT2D eigenvalue weighted by molar-refractivity contribution is -0.135. The van der Waals surface area contributed by atoms with Crippen LogP contribution in [-0.2, 0) is 11.2 Å². The summed E-state index contributed by atoms with van der Waals surface area (Å²) >= 11 is 0. The van der Waals surface area contributed by atoms with E-state index in [1.165, 1.54) is 11.1 Å². The third-order valence-electron chi connectivity index (χ3n) is 3.43. The fourth-order valence-corrected chi connectivity index (χ4v) is 2.44. The van der Waals surface area contributed by atoms with Gasteiger partial charge < -0.3 is 10.6 Å². The maximum Gasteiger partial charge on any atom is 0.230 e. The average Bonchev–Trinajstić information content (AvgIpc) is 2.27. The molecule has 0 aliphatic heterocycles. The van der Waals surface area contributed by atoms with Crippen LogP contribution in [0.15, 0.2) is 24.3 Å². The first-order valence-corrected chi connectivity index (χ1v) is 6.23. The van der Waals surface area contributed by atoms with Gasteiger partial charge in [0.05, 0.1) is 5.92 Å². The van der Waals surface area contributed by atoms with E-state index < -0.39 is 0 Å². The molecule has 0 fully saturated rings. The van der Waals surface area contributed by atoms with Gasteiger partial charge in [-0.25, -0.2) is 0 Å². The Morgan fingerprint density at radius 3 is 2.76 bits per heavy atom. The molecule has 3 heteroatoms. The van der Waals surface area contributed by atoms with E-state index in [1.54, 1.807) is 0 Å². The number of fused-ring (bicyclic) bond motifs is 1. The van der Waals surface area contributed by atoms with Gasteiger partial charge in [-0.15, -0.1) is 0 Å². The van der Waals surface area contributed by atoms with Gasteiger partial charge in [-0.3, -0.25) is 4.79 Å². The third-order valence-corrected chi connectivity index (χ3v) is 3.43. The highest BCUT2D eigenvalue weighted by atomic mass is 16.2. The lowest BCUT2D eigenvalue weighted by Crippen LogP contribution is -2.45. The molecule has 92 valence electrons. The van der Waals surface area contributed by atoms with Crippen LogP contribution in [0.3, 0.4) is 0 Å². The number of amides is 1. The van der Waals surface area contributed by atoms with E-state index in [0.29, 0.717) is 13.1 Å². The first-order valence-electron chi connectivity index (χ1n) is 6.23. The molecule has 2 rings (SSSR count). The molecule has 0 bridgehead atoms. The van der Waals surface area contributed by atoms with Crippen LogP contribution in [0.5, 0.6) is 0 Å². The van der Waals surface area contributed by atoms with Crippen LogP contribution in [0.2, 0.25) is 0 Å². The van der Waals surface area contributed by atoms with Gasteiger partial charge in [0.1, 0.15) is 0 Å². The van der Waals surface area contributed by atoms with Crippen molar-refractivity contribution in [3.05, 3.63) is 35.4 Å². The van der Waals surface area contributed by atoms with Crippen molar-refractivity contribution >= 4 is 5.91 Å². The number of rotatable bonds is 4. The van der Waals surface area contributed by atoms with Crippen molar-refractivity contribution in [2.45, 2.75) is 32.2 Å². The topological polar surface area (TPSA) is 46.3 Å². The van der Waals surface area contributed by atoms with Gasteiger partial charge in [0.15, 0.2) is 0 Å². The Morgan fingerprint density at radius 2 is 2.18 bits per heavy atom. The predicted molar refractivity (Wildman–Crippen MR) is 68.8 cm³/mol. The molecule has 3 nitrogen and oxygen atoms in total. The van der Waals surface area contributed by atoms with Crippen LogP contribution in [0.25, 0.3) is 0 Å². The Balaban J connectivity index is 2.12. The van der Waals surface area contributed by atoms with Crippen LogP contribution in [0, 0.1) is 0 Å². The average molecular weight is 232 g/mol. The number of nitrogens with zero attached hydrogens (tertiary/aromatic N) is 1. The Labute approximate surface area is 103 Å². The van der Waals surface area contributed by atoms with Crippen molar-refractivity contribution < 1.29 is 4.79 Å². The minimum Gasteiger partial charge on any atom is -0.338 e. The summed E-state index contributed by atoms with van der Waals surface area (Å²) in [6, 6.07) is 8.41. The summed E-state index contributed by atoms with van der Waals surface area (Å²) in [5.74, 6) is 0.282. The quantitative estimate of drug-likeness (QED) is 0.855. The molecule has 1 unspecified atom stereocenters. The molecule has 0 saturated heterocycles. The van der Waals surface area contributed by atoms with Gasteiger partial charge in [0, 0.05) is 19.1 Å². The van der Waals surface area contributed by atoms with E-state index in [0.717, 1.165) is 6.42 Å². The van der Waals surface area contributed by atoms with Gasteiger partial charge in [-0.1, -0.05) is 24.3 Å². The summed E-state index contributed by atoms with van der Waals surface area (Å²) in [6.07, 6.45) is 0.878. The summed E-state index contributed by atoms with van der Waals surface area (Å²) in [5.41, 5.74) is 8.07. The highest BCUT2D eigenvalue weighted by molar-refractivity contribution is 5.87. The number of carbonyl (C=O) groups is 1. The first-order chi connectivity index (χ1) is 8.15. The molecule has 0 heterocycles. The lowest BCUT2D eigenvalue weighted by Gasteiger charge is -2.35. The van der Waals surface area contributed by atoms with E-state index >= 15 is 0 Å². The Morgan fingerprint density at radius 1 is 1.47 bits per heavy atom. The minimum absolute atomic E-state index is 0.0557. The van der Waals surface area contributed by atoms with E-state index in [1.807, 2.05) is 30.9 Å². The molecule has 17 heavy (non-hydrogen) atoms. The molecule has 1 aliphatic rings. The SMILES string of the molecule is CC(C)N(CCN)C(=O)C1Cc2ccccc21. The molecule has 1 amide bonds. The minimum atomic E-state index is 0.0557. The van der Waals surface area contributed by atoms with Crippen LogP contribution in [0.4, 0.5) is 0 Å². The van der Waals surface area contributed by atoms with Crippen LogP contribution >= 0.6 is 0 Å². The molecule has 1 atom stereocenters. The van der Waals surface area contributed by atoms with Crippen molar-refractivity contribution in [2.24, 2.45) is 5.73 Å². The van der Waals surface area contributed by atoms with Crippen molar-refractivity contribution in [3.8, 4) is 0 Å². The molecule has 0 aromatic heterocycles. The lowest BCUT2D eigenvalue weighted by atomic mass is 9.76. The molecule has 2 N–H and O–H groups in total. The van der Waals surface area contributed by atoms with Gasteiger partial charge in [-0.2, -0.15) is 0 Å². The third kappa shape index (κ3) is 2.20. The standard InChI is InChI=1S/C14H20N2O/c1-10(2)16(8-7-15)14(17)13-9-11-5-3-4-6-12(11)13/h3-6,10,13H,7-9,15H2,1-2H3. The first kappa shape index (κ1) is 12.1. The van der Waals surface area contributed by atoms with Gasteiger partial charge in [0.2, 0.25) is 5.91 Å². The van der Waals surface area contributed by atoms with Crippen LogP contribution < -0.4 is 5.73 Å². The number of nitrogens with two attached hydrogens (primary N) is 1. The summed E-state index contributed by atoms with van der Waals surface area (Å²) in [5, 5.41) is 0. The van der Waals surface area contributed by atoms with Crippen molar-refractivity contribution in [1.29, 1.82) is 0 Å². The van der Waals surface area contributed by atoms with Crippen molar-refractivity contribution in [2.75, 3.05) is 13.1 Å². The molecule has 1 aromatic carbocycles. The zero-order valence-electron chi connectivity index (χ0n) is 10.5.